The quantitative estimate of drug-likeness (QED) is 0.607. The van der Waals surface area contributed by atoms with Crippen LogP contribution in [0.5, 0.6) is 11.5 Å². The second kappa shape index (κ2) is 4.53. The highest BCUT2D eigenvalue weighted by molar-refractivity contribution is 5.52. The van der Waals surface area contributed by atoms with E-state index < -0.39 is 0 Å². The van der Waals surface area contributed by atoms with Gasteiger partial charge < -0.3 is 15.6 Å². The summed E-state index contributed by atoms with van der Waals surface area (Å²) in [5.41, 5.74) is 6.72. The van der Waals surface area contributed by atoms with E-state index in [1.54, 1.807) is 30.6 Å². The Bertz CT molecular complexity index is 472. The maximum Gasteiger partial charge on any atom is 0.138 e. The molecule has 2 rings (SSSR count). The van der Waals surface area contributed by atoms with Crippen LogP contribution >= 0.6 is 0 Å². The van der Waals surface area contributed by atoms with Gasteiger partial charge in [-0.3, -0.25) is 4.98 Å². The predicted molar refractivity (Wildman–Crippen MR) is 61.1 cm³/mol. The lowest BCUT2D eigenvalue weighted by atomic mass is 10.2. The van der Waals surface area contributed by atoms with Crippen LogP contribution in [0.1, 0.15) is 5.56 Å². The highest BCUT2D eigenvalue weighted by Gasteiger charge is 2.00. The van der Waals surface area contributed by atoms with Crippen LogP contribution in [0.25, 0.3) is 0 Å². The fourth-order valence-corrected chi connectivity index (χ4v) is 1.28. The number of pyridine rings is 1. The maximum atomic E-state index is 9.40. The molecular weight excluding hydrogens is 204 g/mol. The minimum atomic E-state index is 0.0762. The van der Waals surface area contributed by atoms with Crippen molar-refractivity contribution >= 4 is 5.69 Å². The molecule has 0 radical (unpaired) electrons. The zero-order valence-electron chi connectivity index (χ0n) is 8.63. The fraction of sp³-hybridized carbons (Fsp3) is 0.0833. The number of anilines is 1. The van der Waals surface area contributed by atoms with Crippen molar-refractivity contribution in [3.05, 3.63) is 48.3 Å². The minimum Gasteiger partial charge on any atom is -0.506 e. The van der Waals surface area contributed by atoms with Gasteiger partial charge in [-0.2, -0.15) is 0 Å². The normalized spacial score (nSPS) is 10.0. The first kappa shape index (κ1) is 10.3. The summed E-state index contributed by atoms with van der Waals surface area (Å²) in [4.78, 5) is 3.93. The largest absolute Gasteiger partial charge is 0.506 e. The Morgan fingerprint density at radius 3 is 2.88 bits per heavy atom. The van der Waals surface area contributed by atoms with Crippen LogP contribution in [-0.4, -0.2) is 10.1 Å². The van der Waals surface area contributed by atoms with Crippen molar-refractivity contribution in [3.8, 4) is 11.5 Å². The van der Waals surface area contributed by atoms with Crippen LogP contribution in [0.2, 0.25) is 0 Å². The van der Waals surface area contributed by atoms with E-state index in [1.165, 1.54) is 0 Å². The molecule has 0 saturated carbocycles. The molecule has 4 nitrogen and oxygen atoms in total. The smallest absolute Gasteiger partial charge is 0.138 e. The van der Waals surface area contributed by atoms with E-state index in [0.29, 0.717) is 18.0 Å². The van der Waals surface area contributed by atoms with E-state index in [2.05, 4.69) is 4.98 Å². The number of ether oxygens (including phenoxy) is 1. The molecule has 0 bridgehead atoms. The number of phenolic OH excluding ortho intramolecular Hbond substituents is 1. The number of hydrogen-bond acceptors (Lipinski definition) is 4. The first-order chi connectivity index (χ1) is 7.75. The van der Waals surface area contributed by atoms with Gasteiger partial charge in [0.1, 0.15) is 18.1 Å². The van der Waals surface area contributed by atoms with Crippen molar-refractivity contribution in [1.29, 1.82) is 0 Å². The molecule has 0 atom stereocenters. The van der Waals surface area contributed by atoms with E-state index >= 15 is 0 Å². The Labute approximate surface area is 93.3 Å². The van der Waals surface area contributed by atoms with Gasteiger partial charge in [0, 0.05) is 6.20 Å². The van der Waals surface area contributed by atoms with Gasteiger partial charge in [-0.15, -0.1) is 0 Å². The summed E-state index contributed by atoms with van der Waals surface area (Å²) in [5.74, 6) is 0.770. The van der Waals surface area contributed by atoms with Crippen LogP contribution in [-0.2, 0) is 6.61 Å². The van der Waals surface area contributed by atoms with Crippen LogP contribution in [0, 0.1) is 0 Å². The number of benzene rings is 1. The average Bonchev–Trinajstić information content (AvgIpc) is 2.32. The SMILES string of the molecule is Nc1ccc(COc2cccnc2)cc1O. The summed E-state index contributed by atoms with van der Waals surface area (Å²) in [6.45, 7) is 0.375. The molecule has 1 heterocycles. The molecule has 1 aromatic carbocycles. The average molecular weight is 216 g/mol. The van der Waals surface area contributed by atoms with Crippen LogP contribution in [0.15, 0.2) is 42.7 Å². The third-order valence-electron chi connectivity index (χ3n) is 2.13. The first-order valence-electron chi connectivity index (χ1n) is 4.86. The number of nitrogens with zero attached hydrogens (tertiary/aromatic N) is 1. The van der Waals surface area contributed by atoms with Gasteiger partial charge >= 0.3 is 0 Å². The number of nitrogens with two attached hydrogens (primary N) is 1. The third-order valence-corrected chi connectivity index (χ3v) is 2.13. The van der Waals surface area contributed by atoms with Gasteiger partial charge in [-0.25, -0.2) is 0 Å². The van der Waals surface area contributed by atoms with Crippen molar-refractivity contribution in [2.75, 3.05) is 5.73 Å². The summed E-state index contributed by atoms with van der Waals surface area (Å²) in [6, 6.07) is 8.67. The molecule has 3 N–H and O–H groups in total. The van der Waals surface area contributed by atoms with Crippen molar-refractivity contribution in [3.63, 3.8) is 0 Å². The van der Waals surface area contributed by atoms with Crippen LogP contribution in [0.3, 0.4) is 0 Å². The summed E-state index contributed by atoms with van der Waals surface area (Å²) < 4.78 is 5.47. The van der Waals surface area contributed by atoms with E-state index in [4.69, 9.17) is 10.5 Å². The Morgan fingerprint density at radius 1 is 1.31 bits per heavy atom. The molecule has 0 fully saturated rings. The molecule has 16 heavy (non-hydrogen) atoms. The molecule has 0 aliphatic carbocycles. The zero-order chi connectivity index (χ0) is 11.4. The number of phenols is 1. The van der Waals surface area contributed by atoms with E-state index in [1.807, 2.05) is 12.1 Å². The number of rotatable bonds is 3. The second-order valence-corrected chi connectivity index (χ2v) is 3.37. The van der Waals surface area contributed by atoms with Crippen LogP contribution < -0.4 is 10.5 Å². The summed E-state index contributed by atoms with van der Waals surface area (Å²) in [6.07, 6.45) is 3.32. The molecule has 0 aliphatic rings. The van der Waals surface area contributed by atoms with Crippen molar-refractivity contribution in [2.24, 2.45) is 0 Å². The van der Waals surface area contributed by atoms with Gasteiger partial charge in [-0.05, 0) is 29.8 Å². The van der Waals surface area contributed by atoms with Crippen molar-refractivity contribution in [1.82, 2.24) is 4.98 Å². The monoisotopic (exact) mass is 216 g/mol. The number of nitrogen functional groups attached to an aromatic ring is 1. The van der Waals surface area contributed by atoms with E-state index in [9.17, 15) is 5.11 Å². The Balaban J connectivity index is 2.03. The lowest BCUT2D eigenvalue weighted by Gasteiger charge is -2.06. The molecule has 4 heteroatoms. The lowest BCUT2D eigenvalue weighted by molar-refractivity contribution is 0.304. The summed E-state index contributed by atoms with van der Waals surface area (Å²) in [7, 11) is 0. The minimum absolute atomic E-state index is 0.0762. The molecule has 1 aromatic heterocycles. The van der Waals surface area contributed by atoms with Crippen LogP contribution in [0.4, 0.5) is 5.69 Å². The predicted octanol–water partition coefficient (Wildman–Crippen LogP) is 1.95. The number of aromatic nitrogens is 1. The maximum absolute atomic E-state index is 9.40. The van der Waals surface area contributed by atoms with Gasteiger partial charge in [-0.1, -0.05) is 6.07 Å². The van der Waals surface area contributed by atoms with Gasteiger partial charge in [0.25, 0.3) is 0 Å². The Morgan fingerprint density at radius 2 is 2.19 bits per heavy atom. The highest BCUT2D eigenvalue weighted by Crippen LogP contribution is 2.21. The third kappa shape index (κ3) is 2.42. The molecule has 0 spiro atoms. The van der Waals surface area contributed by atoms with E-state index in [-0.39, 0.29) is 5.75 Å². The molecule has 0 amide bonds. The van der Waals surface area contributed by atoms with E-state index in [0.717, 1.165) is 5.56 Å². The fourth-order valence-electron chi connectivity index (χ4n) is 1.28. The van der Waals surface area contributed by atoms with Crippen molar-refractivity contribution < 1.29 is 9.84 Å². The number of hydrogen-bond donors (Lipinski definition) is 2. The second-order valence-electron chi connectivity index (χ2n) is 3.37. The van der Waals surface area contributed by atoms with Gasteiger partial charge in [0.05, 0.1) is 11.9 Å². The first-order valence-corrected chi connectivity index (χ1v) is 4.86. The summed E-state index contributed by atoms with van der Waals surface area (Å²) in [5, 5.41) is 9.40. The Kier molecular flexibility index (Phi) is 2.91. The summed E-state index contributed by atoms with van der Waals surface area (Å²) >= 11 is 0. The standard InChI is InChI=1S/C12H12N2O2/c13-11-4-3-9(6-12(11)15)8-16-10-2-1-5-14-7-10/h1-7,15H,8,13H2. The molecule has 82 valence electrons. The van der Waals surface area contributed by atoms with Gasteiger partial charge in [0.15, 0.2) is 0 Å². The molecule has 2 aromatic rings. The van der Waals surface area contributed by atoms with Gasteiger partial charge in [0.2, 0.25) is 0 Å². The van der Waals surface area contributed by atoms with Crippen molar-refractivity contribution in [2.45, 2.75) is 6.61 Å². The lowest BCUT2D eigenvalue weighted by Crippen LogP contribution is -1.96. The molecule has 0 unspecified atom stereocenters. The molecule has 0 saturated heterocycles. The topological polar surface area (TPSA) is 68.4 Å². The Hall–Kier alpha value is -2.23. The highest BCUT2D eigenvalue weighted by atomic mass is 16.5. The zero-order valence-corrected chi connectivity index (χ0v) is 8.63. The molecular formula is C12H12N2O2. The molecule has 0 aliphatic heterocycles. The number of aromatic hydroxyl groups is 1.